The lowest BCUT2D eigenvalue weighted by Gasteiger charge is -2.08. The zero-order valence-corrected chi connectivity index (χ0v) is 10.6. The van der Waals surface area contributed by atoms with Crippen LogP contribution in [-0.4, -0.2) is 18.3 Å². The summed E-state index contributed by atoms with van der Waals surface area (Å²) >= 11 is 5.89. The molecule has 2 nitrogen and oxygen atoms in total. The van der Waals surface area contributed by atoms with Gasteiger partial charge in [-0.1, -0.05) is 17.7 Å². The van der Waals surface area contributed by atoms with Crippen LogP contribution >= 0.6 is 11.6 Å². The predicted molar refractivity (Wildman–Crippen MR) is 68.8 cm³/mol. The minimum atomic E-state index is 0.302. The van der Waals surface area contributed by atoms with Crippen LogP contribution in [0.3, 0.4) is 0 Å². The molecule has 0 aliphatic carbocycles. The van der Waals surface area contributed by atoms with Crippen LogP contribution < -0.4 is 5.32 Å². The van der Waals surface area contributed by atoms with Gasteiger partial charge >= 0.3 is 0 Å². The molecule has 0 bridgehead atoms. The van der Waals surface area contributed by atoms with Gasteiger partial charge in [0.25, 0.3) is 0 Å². The molecule has 0 saturated carbocycles. The lowest BCUT2D eigenvalue weighted by atomic mass is 10.1. The molecule has 0 fully saturated rings. The van der Waals surface area contributed by atoms with Crippen LogP contribution in [0.2, 0.25) is 5.02 Å². The van der Waals surface area contributed by atoms with Crippen molar-refractivity contribution < 1.29 is 5.11 Å². The van der Waals surface area contributed by atoms with Crippen molar-refractivity contribution in [2.24, 2.45) is 0 Å². The fourth-order valence-electron chi connectivity index (χ4n) is 1.62. The second kappa shape index (κ2) is 7.66. The van der Waals surface area contributed by atoms with Crippen LogP contribution in [0.25, 0.3) is 0 Å². The number of aliphatic hydroxyl groups is 1. The number of hydrogen-bond acceptors (Lipinski definition) is 2. The molecule has 16 heavy (non-hydrogen) atoms. The molecule has 3 heteroatoms. The quantitative estimate of drug-likeness (QED) is 0.720. The van der Waals surface area contributed by atoms with Crippen molar-refractivity contribution in [3.05, 3.63) is 34.3 Å². The SMILES string of the molecule is Cc1cc(Cl)ccc1CNCCCCCO. The summed E-state index contributed by atoms with van der Waals surface area (Å²) in [7, 11) is 0. The monoisotopic (exact) mass is 241 g/mol. The molecule has 0 unspecified atom stereocenters. The molecule has 0 spiro atoms. The first-order valence-electron chi connectivity index (χ1n) is 5.80. The molecule has 1 aromatic carbocycles. The van der Waals surface area contributed by atoms with Crippen molar-refractivity contribution in [3.63, 3.8) is 0 Å². The largest absolute Gasteiger partial charge is 0.396 e. The molecule has 90 valence electrons. The number of unbranched alkanes of at least 4 members (excludes halogenated alkanes) is 2. The Labute approximate surface area is 103 Å². The lowest BCUT2D eigenvalue weighted by Crippen LogP contribution is -2.15. The summed E-state index contributed by atoms with van der Waals surface area (Å²) in [6.07, 6.45) is 3.11. The number of aryl methyl sites for hydroxylation is 1. The standard InChI is InChI=1S/C13H20ClNO/c1-11-9-13(14)6-5-12(11)10-15-7-3-2-4-8-16/h5-6,9,15-16H,2-4,7-8,10H2,1H3. The number of benzene rings is 1. The van der Waals surface area contributed by atoms with Crippen molar-refractivity contribution in [3.8, 4) is 0 Å². The Bertz CT molecular complexity index is 315. The van der Waals surface area contributed by atoms with E-state index in [2.05, 4.69) is 18.3 Å². The topological polar surface area (TPSA) is 32.3 Å². The Morgan fingerprint density at radius 3 is 2.75 bits per heavy atom. The van der Waals surface area contributed by atoms with Crippen LogP contribution in [0.15, 0.2) is 18.2 Å². The summed E-state index contributed by atoms with van der Waals surface area (Å²) in [4.78, 5) is 0. The van der Waals surface area contributed by atoms with Crippen molar-refractivity contribution in [2.45, 2.75) is 32.7 Å². The van der Waals surface area contributed by atoms with E-state index in [-0.39, 0.29) is 0 Å². The molecule has 0 aliphatic rings. The minimum absolute atomic E-state index is 0.302. The summed E-state index contributed by atoms with van der Waals surface area (Å²) in [6.45, 7) is 4.27. The Morgan fingerprint density at radius 2 is 2.06 bits per heavy atom. The van der Waals surface area contributed by atoms with E-state index in [0.717, 1.165) is 37.4 Å². The van der Waals surface area contributed by atoms with Crippen LogP contribution in [0.4, 0.5) is 0 Å². The summed E-state index contributed by atoms with van der Waals surface area (Å²) in [6, 6.07) is 5.99. The van der Waals surface area contributed by atoms with Gasteiger partial charge in [0.2, 0.25) is 0 Å². The van der Waals surface area contributed by atoms with E-state index >= 15 is 0 Å². The number of halogens is 1. The third-order valence-electron chi connectivity index (χ3n) is 2.63. The first-order valence-corrected chi connectivity index (χ1v) is 6.18. The lowest BCUT2D eigenvalue weighted by molar-refractivity contribution is 0.283. The normalized spacial score (nSPS) is 10.7. The molecule has 1 rings (SSSR count). The van der Waals surface area contributed by atoms with Gasteiger partial charge in [-0.15, -0.1) is 0 Å². The van der Waals surface area contributed by atoms with Crippen molar-refractivity contribution in [2.75, 3.05) is 13.2 Å². The molecular formula is C13H20ClNO. The zero-order valence-electron chi connectivity index (χ0n) is 9.80. The van der Waals surface area contributed by atoms with E-state index in [1.54, 1.807) is 0 Å². The third-order valence-corrected chi connectivity index (χ3v) is 2.87. The summed E-state index contributed by atoms with van der Waals surface area (Å²) in [5.41, 5.74) is 2.53. The maximum atomic E-state index is 8.63. The molecule has 0 aliphatic heterocycles. The van der Waals surface area contributed by atoms with Crippen LogP contribution in [0.5, 0.6) is 0 Å². The number of aliphatic hydroxyl groups excluding tert-OH is 1. The maximum Gasteiger partial charge on any atom is 0.0431 e. The van der Waals surface area contributed by atoms with Crippen molar-refractivity contribution >= 4 is 11.6 Å². The smallest absolute Gasteiger partial charge is 0.0431 e. The van der Waals surface area contributed by atoms with Crippen LogP contribution in [0.1, 0.15) is 30.4 Å². The summed E-state index contributed by atoms with van der Waals surface area (Å²) < 4.78 is 0. The molecule has 2 N–H and O–H groups in total. The van der Waals surface area contributed by atoms with E-state index in [0.29, 0.717) is 6.61 Å². The van der Waals surface area contributed by atoms with Gasteiger partial charge in [-0.25, -0.2) is 0 Å². The fourth-order valence-corrected chi connectivity index (χ4v) is 1.85. The highest BCUT2D eigenvalue weighted by Crippen LogP contribution is 2.14. The molecule has 0 saturated heterocycles. The minimum Gasteiger partial charge on any atom is -0.396 e. The molecular weight excluding hydrogens is 222 g/mol. The molecule has 0 radical (unpaired) electrons. The van der Waals surface area contributed by atoms with E-state index in [9.17, 15) is 0 Å². The predicted octanol–water partition coefficient (Wildman–Crippen LogP) is 2.90. The highest BCUT2D eigenvalue weighted by atomic mass is 35.5. The number of nitrogens with one attached hydrogen (secondary N) is 1. The molecule has 0 atom stereocenters. The average Bonchev–Trinajstić information content (AvgIpc) is 2.26. The maximum absolute atomic E-state index is 8.63. The average molecular weight is 242 g/mol. The van der Waals surface area contributed by atoms with Gasteiger partial charge in [-0.05, 0) is 56.0 Å². The highest BCUT2D eigenvalue weighted by molar-refractivity contribution is 6.30. The molecule has 0 heterocycles. The number of hydrogen-bond donors (Lipinski definition) is 2. The van der Waals surface area contributed by atoms with Gasteiger partial charge in [0.05, 0.1) is 0 Å². The van der Waals surface area contributed by atoms with E-state index in [1.807, 2.05) is 12.1 Å². The van der Waals surface area contributed by atoms with E-state index in [1.165, 1.54) is 11.1 Å². The Hall–Kier alpha value is -0.570. The van der Waals surface area contributed by atoms with E-state index in [4.69, 9.17) is 16.7 Å². The fraction of sp³-hybridized carbons (Fsp3) is 0.538. The van der Waals surface area contributed by atoms with Gasteiger partial charge in [0, 0.05) is 18.2 Å². The summed E-state index contributed by atoms with van der Waals surface area (Å²) in [5.74, 6) is 0. The highest BCUT2D eigenvalue weighted by Gasteiger charge is 1.98. The Balaban J connectivity index is 2.21. The number of rotatable bonds is 7. The van der Waals surface area contributed by atoms with Gasteiger partial charge in [0.1, 0.15) is 0 Å². The molecule has 0 aromatic heterocycles. The second-order valence-corrected chi connectivity index (χ2v) is 4.47. The first kappa shape index (κ1) is 13.5. The van der Waals surface area contributed by atoms with E-state index < -0.39 is 0 Å². The van der Waals surface area contributed by atoms with Crippen molar-refractivity contribution in [1.82, 2.24) is 5.32 Å². The van der Waals surface area contributed by atoms with Gasteiger partial charge in [-0.3, -0.25) is 0 Å². The van der Waals surface area contributed by atoms with Gasteiger partial charge in [-0.2, -0.15) is 0 Å². The van der Waals surface area contributed by atoms with Gasteiger partial charge in [0.15, 0.2) is 0 Å². The molecule has 0 amide bonds. The first-order chi connectivity index (χ1) is 7.74. The van der Waals surface area contributed by atoms with Crippen molar-refractivity contribution in [1.29, 1.82) is 0 Å². The van der Waals surface area contributed by atoms with Gasteiger partial charge < -0.3 is 10.4 Å². The zero-order chi connectivity index (χ0) is 11.8. The Kier molecular flexibility index (Phi) is 6.46. The summed E-state index contributed by atoms with van der Waals surface area (Å²) in [5, 5.41) is 12.8. The Morgan fingerprint density at radius 1 is 1.25 bits per heavy atom. The molecule has 1 aromatic rings. The third kappa shape index (κ3) is 4.97. The van der Waals surface area contributed by atoms with Crippen LogP contribution in [0, 0.1) is 6.92 Å². The van der Waals surface area contributed by atoms with Crippen LogP contribution in [-0.2, 0) is 6.54 Å². The second-order valence-electron chi connectivity index (χ2n) is 4.03.